The molecule has 1 aromatic carbocycles. The molecule has 2 heterocycles. The van der Waals surface area contributed by atoms with Crippen LogP contribution in [0, 0.1) is 0 Å². The SMILES string of the molecule is Cn1c(=O)ccc2cc(OCCCCCN(C3(CCc4cccnc4)CCCCC3)S(C)(=O)=O)ccc21. The van der Waals surface area contributed by atoms with Gasteiger partial charge in [-0.2, -0.15) is 4.31 Å². The Balaban J connectivity index is 1.32. The molecular weight excluding hydrogens is 486 g/mol. The monoisotopic (exact) mass is 525 g/mol. The first-order valence-electron chi connectivity index (χ1n) is 13.4. The lowest BCUT2D eigenvalue weighted by Gasteiger charge is -2.45. The van der Waals surface area contributed by atoms with E-state index in [1.807, 2.05) is 40.8 Å². The average molecular weight is 526 g/mol. The summed E-state index contributed by atoms with van der Waals surface area (Å²) in [6.45, 7) is 1.12. The fraction of sp³-hybridized carbons (Fsp3) is 0.517. The van der Waals surface area contributed by atoms with Crippen molar-refractivity contribution in [1.29, 1.82) is 0 Å². The maximum absolute atomic E-state index is 13.0. The molecule has 3 aromatic rings. The van der Waals surface area contributed by atoms with Crippen molar-refractivity contribution in [1.82, 2.24) is 13.9 Å². The van der Waals surface area contributed by atoms with Crippen LogP contribution in [0.25, 0.3) is 10.9 Å². The van der Waals surface area contributed by atoms with Gasteiger partial charge >= 0.3 is 0 Å². The number of aromatic nitrogens is 2. The highest BCUT2D eigenvalue weighted by Crippen LogP contribution is 2.39. The molecule has 200 valence electrons. The van der Waals surface area contributed by atoms with Crippen LogP contribution in [0.5, 0.6) is 5.75 Å². The van der Waals surface area contributed by atoms with E-state index in [-0.39, 0.29) is 11.1 Å². The van der Waals surface area contributed by atoms with E-state index in [9.17, 15) is 13.2 Å². The van der Waals surface area contributed by atoms with Gasteiger partial charge in [0, 0.05) is 43.0 Å². The lowest BCUT2D eigenvalue weighted by atomic mass is 9.77. The minimum Gasteiger partial charge on any atom is -0.494 e. The highest BCUT2D eigenvalue weighted by Gasteiger charge is 2.41. The van der Waals surface area contributed by atoms with Gasteiger partial charge in [0.15, 0.2) is 0 Å². The van der Waals surface area contributed by atoms with Crippen molar-refractivity contribution in [2.45, 2.75) is 69.7 Å². The molecule has 1 saturated carbocycles. The molecule has 0 atom stereocenters. The smallest absolute Gasteiger partial charge is 0.250 e. The molecule has 0 saturated heterocycles. The van der Waals surface area contributed by atoms with E-state index in [0.29, 0.717) is 13.2 Å². The van der Waals surface area contributed by atoms with Gasteiger partial charge in [0.1, 0.15) is 5.75 Å². The Bertz CT molecular complexity index is 1330. The molecule has 1 aliphatic carbocycles. The van der Waals surface area contributed by atoms with E-state index < -0.39 is 10.0 Å². The van der Waals surface area contributed by atoms with Gasteiger partial charge in [0.25, 0.3) is 5.56 Å². The second-order valence-corrected chi connectivity index (χ2v) is 12.2. The van der Waals surface area contributed by atoms with Crippen LogP contribution in [0.2, 0.25) is 0 Å². The normalized spacial score (nSPS) is 15.8. The third kappa shape index (κ3) is 6.99. The summed E-state index contributed by atoms with van der Waals surface area (Å²) in [4.78, 5) is 16.0. The molecule has 1 fully saturated rings. The zero-order valence-electron chi connectivity index (χ0n) is 22.1. The second-order valence-electron chi connectivity index (χ2n) is 10.3. The van der Waals surface area contributed by atoms with Crippen LogP contribution in [0.1, 0.15) is 63.4 Å². The molecule has 2 aromatic heterocycles. The Labute approximate surface area is 220 Å². The zero-order chi connectivity index (χ0) is 26.3. The van der Waals surface area contributed by atoms with E-state index in [1.54, 1.807) is 23.9 Å². The molecule has 4 rings (SSSR count). The predicted octanol–water partition coefficient (Wildman–Crippen LogP) is 5.08. The number of sulfonamides is 1. The highest BCUT2D eigenvalue weighted by atomic mass is 32.2. The largest absolute Gasteiger partial charge is 0.494 e. The van der Waals surface area contributed by atoms with E-state index >= 15 is 0 Å². The Kier molecular flexibility index (Phi) is 9.03. The summed E-state index contributed by atoms with van der Waals surface area (Å²) < 4.78 is 35.4. The Hall–Kier alpha value is -2.71. The number of rotatable bonds is 12. The number of hydrogen-bond donors (Lipinski definition) is 0. The van der Waals surface area contributed by atoms with Gasteiger partial charge in [-0.05, 0) is 80.8 Å². The first-order chi connectivity index (χ1) is 17.8. The molecule has 1 aliphatic rings. The molecule has 0 radical (unpaired) electrons. The maximum atomic E-state index is 13.0. The van der Waals surface area contributed by atoms with Gasteiger partial charge in [-0.15, -0.1) is 0 Å². The van der Waals surface area contributed by atoms with Crippen LogP contribution in [0.4, 0.5) is 0 Å². The summed E-state index contributed by atoms with van der Waals surface area (Å²) >= 11 is 0. The number of hydrogen-bond acceptors (Lipinski definition) is 5. The van der Waals surface area contributed by atoms with Gasteiger partial charge in [-0.25, -0.2) is 8.42 Å². The van der Waals surface area contributed by atoms with E-state index in [2.05, 4.69) is 11.1 Å². The van der Waals surface area contributed by atoms with Gasteiger partial charge < -0.3 is 9.30 Å². The van der Waals surface area contributed by atoms with Crippen molar-refractivity contribution in [3.8, 4) is 5.75 Å². The van der Waals surface area contributed by atoms with E-state index in [0.717, 1.165) is 80.0 Å². The van der Waals surface area contributed by atoms with Gasteiger partial charge in [-0.3, -0.25) is 9.78 Å². The van der Waals surface area contributed by atoms with Gasteiger partial charge in [-0.1, -0.05) is 25.3 Å². The highest BCUT2D eigenvalue weighted by molar-refractivity contribution is 7.88. The lowest BCUT2D eigenvalue weighted by Crippen LogP contribution is -2.53. The molecular formula is C29H39N3O4S. The maximum Gasteiger partial charge on any atom is 0.250 e. The number of aryl methyl sites for hydroxylation is 2. The van der Waals surface area contributed by atoms with Crippen LogP contribution in [-0.2, 0) is 23.5 Å². The first kappa shape index (κ1) is 27.3. The van der Waals surface area contributed by atoms with E-state index in [4.69, 9.17) is 4.74 Å². The number of unbranched alkanes of at least 4 members (excludes halogenated alkanes) is 2. The Morgan fingerprint density at radius 2 is 1.86 bits per heavy atom. The van der Waals surface area contributed by atoms with Crippen molar-refractivity contribution < 1.29 is 13.2 Å². The molecule has 0 spiro atoms. The molecule has 0 aliphatic heterocycles. The van der Waals surface area contributed by atoms with Crippen LogP contribution in [-0.4, -0.2) is 47.2 Å². The van der Waals surface area contributed by atoms with Gasteiger partial charge in [0.05, 0.1) is 18.4 Å². The summed E-state index contributed by atoms with van der Waals surface area (Å²) in [6, 6.07) is 13.2. The van der Waals surface area contributed by atoms with Crippen LogP contribution in [0.15, 0.2) is 59.7 Å². The minimum atomic E-state index is -3.33. The van der Waals surface area contributed by atoms with Crippen molar-refractivity contribution in [3.63, 3.8) is 0 Å². The molecule has 7 nitrogen and oxygen atoms in total. The van der Waals surface area contributed by atoms with Crippen molar-refractivity contribution in [2.75, 3.05) is 19.4 Å². The summed E-state index contributed by atoms with van der Waals surface area (Å²) in [7, 11) is -1.56. The number of pyridine rings is 2. The van der Waals surface area contributed by atoms with Crippen LogP contribution >= 0.6 is 0 Å². The van der Waals surface area contributed by atoms with Crippen LogP contribution in [0.3, 0.4) is 0 Å². The quantitative estimate of drug-likeness (QED) is 0.308. The number of benzene rings is 1. The number of fused-ring (bicyclic) bond motifs is 1. The minimum absolute atomic E-state index is 0.0311. The number of ether oxygens (including phenoxy) is 1. The fourth-order valence-electron chi connectivity index (χ4n) is 5.69. The summed E-state index contributed by atoms with van der Waals surface area (Å²) in [5.41, 5.74) is 1.70. The first-order valence-corrected chi connectivity index (χ1v) is 15.2. The Morgan fingerprint density at radius 1 is 1.05 bits per heavy atom. The van der Waals surface area contributed by atoms with Crippen molar-refractivity contribution in [3.05, 3.63) is 70.8 Å². The number of nitrogens with zero attached hydrogens (tertiary/aromatic N) is 3. The average Bonchev–Trinajstić information content (AvgIpc) is 2.89. The summed E-state index contributed by atoms with van der Waals surface area (Å²) in [6.07, 6.45) is 14.4. The zero-order valence-corrected chi connectivity index (χ0v) is 22.9. The third-order valence-corrected chi connectivity index (χ3v) is 9.06. The molecule has 0 bridgehead atoms. The fourth-order valence-corrected chi connectivity index (χ4v) is 7.13. The summed E-state index contributed by atoms with van der Waals surface area (Å²) in [5, 5.41) is 0.965. The Morgan fingerprint density at radius 3 is 2.59 bits per heavy atom. The topological polar surface area (TPSA) is 81.5 Å². The van der Waals surface area contributed by atoms with Crippen molar-refractivity contribution in [2.24, 2.45) is 7.05 Å². The molecule has 0 unspecified atom stereocenters. The lowest BCUT2D eigenvalue weighted by molar-refractivity contribution is 0.116. The second kappa shape index (κ2) is 12.2. The third-order valence-electron chi connectivity index (χ3n) is 7.69. The standard InChI is InChI=1S/C29H39N3O4S/c1-31-27-13-12-26(22-25(27)11-14-28(31)33)36-21-8-4-7-20-32(37(2,34)35)29(16-5-3-6-17-29)18-15-24-10-9-19-30-23-24/h9-14,19,22-23H,3-8,15-18,20-21H2,1-2H3. The molecule has 37 heavy (non-hydrogen) atoms. The van der Waals surface area contributed by atoms with Crippen LogP contribution < -0.4 is 10.3 Å². The van der Waals surface area contributed by atoms with Gasteiger partial charge in [0.2, 0.25) is 10.0 Å². The summed E-state index contributed by atoms with van der Waals surface area (Å²) in [5.74, 6) is 0.778. The van der Waals surface area contributed by atoms with Crippen molar-refractivity contribution >= 4 is 20.9 Å². The predicted molar refractivity (Wildman–Crippen MR) is 148 cm³/mol. The van der Waals surface area contributed by atoms with E-state index in [1.165, 1.54) is 12.7 Å². The molecule has 0 N–H and O–H groups in total. The molecule has 8 heteroatoms. The molecule has 0 amide bonds.